The molecule has 0 fully saturated rings. The van der Waals surface area contributed by atoms with Gasteiger partial charge in [0.25, 0.3) is 5.69 Å². The van der Waals surface area contributed by atoms with Gasteiger partial charge in [-0.1, -0.05) is 24.3 Å². The highest BCUT2D eigenvalue weighted by atomic mass is 16.6. The first kappa shape index (κ1) is 19.9. The van der Waals surface area contributed by atoms with Crippen molar-refractivity contribution in [2.24, 2.45) is 4.99 Å². The average Bonchev–Trinajstić information content (AvgIpc) is 3.27. The molecule has 3 rings (SSSR count). The number of furan rings is 1. The molecule has 2 aromatic carbocycles. The SMILES string of the molecule is COc1cccc(CN=C(NCc2ccc([N+](=O)[O-])cc2)NCc2ccco2)c1. The molecule has 0 radical (unpaired) electrons. The van der Waals surface area contributed by atoms with Gasteiger partial charge in [0.05, 0.1) is 31.4 Å². The highest BCUT2D eigenvalue weighted by Crippen LogP contribution is 2.14. The molecule has 0 saturated carbocycles. The molecule has 0 aliphatic carbocycles. The minimum Gasteiger partial charge on any atom is -0.497 e. The number of aliphatic imine (C=N–C) groups is 1. The minimum absolute atomic E-state index is 0.0663. The molecule has 0 bridgehead atoms. The van der Waals surface area contributed by atoms with E-state index >= 15 is 0 Å². The van der Waals surface area contributed by atoms with Gasteiger partial charge in [-0.05, 0) is 35.4 Å². The molecule has 1 heterocycles. The van der Waals surface area contributed by atoms with E-state index in [0.717, 1.165) is 22.6 Å². The van der Waals surface area contributed by atoms with Crippen LogP contribution in [0.3, 0.4) is 0 Å². The van der Waals surface area contributed by atoms with Crippen molar-refractivity contribution in [3.8, 4) is 5.75 Å². The molecule has 29 heavy (non-hydrogen) atoms. The van der Waals surface area contributed by atoms with Crippen molar-refractivity contribution in [1.82, 2.24) is 10.6 Å². The van der Waals surface area contributed by atoms with Crippen LogP contribution in [-0.4, -0.2) is 18.0 Å². The summed E-state index contributed by atoms with van der Waals surface area (Å²) >= 11 is 0. The fourth-order valence-corrected chi connectivity index (χ4v) is 2.62. The molecule has 0 spiro atoms. The van der Waals surface area contributed by atoms with Gasteiger partial charge in [-0.3, -0.25) is 10.1 Å². The Morgan fingerprint density at radius 1 is 1.07 bits per heavy atom. The third-order valence-corrected chi connectivity index (χ3v) is 4.17. The van der Waals surface area contributed by atoms with Crippen molar-refractivity contribution in [1.29, 1.82) is 0 Å². The van der Waals surface area contributed by atoms with Gasteiger partial charge < -0.3 is 19.8 Å². The normalized spacial score (nSPS) is 11.1. The fraction of sp³-hybridized carbons (Fsp3) is 0.190. The molecule has 0 amide bonds. The van der Waals surface area contributed by atoms with Crippen LogP contribution in [0.15, 0.2) is 76.3 Å². The highest BCUT2D eigenvalue weighted by molar-refractivity contribution is 5.79. The molecule has 8 nitrogen and oxygen atoms in total. The number of non-ortho nitro benzene ring substituents is 1. The summed E-state index contributed by atoms with van der Waals surface area (Å²) in [5, 5.41) is 17.3. The number of nitrogens with zero attached hydrogens (tertiary/aromatic N) is 2. The zero-order valence-corrected chi connectivity index (χ0v) is 16.0. The van der Waals surface area contributed by atoms with Crippen LogP contribution in [0, 0.1) is 10.1 Å². The molecule has 0 unspecified atom stereocenters. The molecule has 0 saturated heterocycles. The Bertz CT molecular complexity index is 953. The number of hydrogen-bond acceptors (Lipinski definition) is 5. The number of benzene rings is 2. The van der Waals surface area contributed by atoms with Gasteiger partial charge in [0.1, 0.15) is 11.5 Å². The van der Waals surface area contributed by atoms with Crippen molar-refractivity contribution >= 4 is 11.6 Å². The van der Waals surface area contributed by atoms with Gasteiger partial charge in [0.15, 0.2) is 5.96 Å². The summed E-state index contributed by atoms with van der Waals surface area (Å²) < 4.78 is 10.6. The van der Waals surface area contributed by atoms with E-state index in [1.807, 2.05) is 36.4 Å². The monoisotopic (exact) mass is 394 g/mol. The summed E-state index contributed by atoms with van der Waals surface area (Å²) in [5.41, 5.74) is 1.99. The molecular formula is C21H22N4O4. The van der Waals surface area contributed by atoms with E-state index in [0.29, 0.717) is 25.6 Å². The summed E-state index contributed by atoms with van der Waals surface area (Å²) in [4.78, 5) is 15.0. The van der Waals surface area contributed by atoms with Crippen molar-refractivity contribution < 1.29 is 14.1 Å². The lowest BCUT2D eigenvalue weighted by atomic mass is 10.2. The number of hydrogen-bond donors (Lipinski definition) is 2. The van der Waals surface area contributed by atoms with Crippen molar-refractivity contribution in [2.75, 3.05) is 7.11 Å². The number of nitro benzene ring substituents is 1. The van der Waals surface area contributed by atoms with Gasteiger partial charge in [-0.15, -0.1) is 0 Å². The molecule has 150 valence electrons. The quantitative estimate of drug-likeness (QED) is 0.262. The third-order valence-electron chi connectivity index (χ3n) is 4.17. The summed E-state index contributed by atoms with van der Waals surface area (Å²) in [6.07, 6.45) is 1.62. The van der Waals surface area contributed by atoms with Crippen LogP contribution >= 0.6 is 0 Å². The maximum Gasteiger partial charge on any atom is 0.269 e. The van der Waals surface area contributed by atoms with E-state index in [1.165, 1.54) is 12.1 Å². The molecule has 3 aromatic rings. The topological polar surface area (TPSA) is 102 Å². The van der Waals surface area contributed by atoms with Crippen LogP contribution in [-0.2, 0) is 19.6 Å². The number of rotatable bonds is 8. The van der Waals surface area contributed by atoms with Gasteiger partial charge in [0, 0.05) is 18.7 Å². The first-order valence-electron chi connectivity index (χ1n) is 9.05. The smallest absolute Gasteiger partial charge is 0.269 e. The second-order valence-corrected chi connectivity index (χ2v) is 6.23. The van der Waals surface area contributed by atoms with Crippen LogP contribution in [0.1, 0.15) is 16.9 Å². The Hall–Kier alpha value is -3.81. The Kier molecular flexibility index (Phi) is 6.83. The van der Waals surface area contributed by atoms with Gasteiger partial charge in [-0.25, -0.2) is 4.99 Å². The predicted molar refractivity (Wildman–Crippen MR) is 110 cm³/mol. The lowest BCUT2D eigenvalue weighted by Gasteiger charge is -2.12. The number of nitrogens with one attached hydrogen (secondary N) is 2. The van der Waals surface area contributed by atoms with Crippen LogP contribution in [0.25, 0.3) is 0 Å². The molecule has 0 aliphatic rings. The van der Waals surface area contributed by atoms with Crippen LogP contribution in [0.4, 0.5) is 5.69 Å². The van der Waals surface area contributed by atoms with Gasteiger partial charge in [0.2, 0.25) is 0 Å². The van der Waals surface area contributed by atoms with Crippen molar-refractivity contribution in [3.05, 3.63) is 93.9 Å². The maximum absolute atomic E-state index is 10.8. The van der Waals surface area contributed by atoms with Gasteiger partial charge >= 0.3 is 0 Å². The Morgan fingerprint density at radius 2 is 1.86 bits per heavy atom. The number of guanidine groups is 1. The van der Waals surface area contributed by atoms with E-state index in [4.69, 9.17) is 9.15 Å². The van der Waals surface area contributed by atoms with Crippen molar-refractivity contribution in [2.45, 2.75) is 19.6 Å². The third kappa shape index (κ3) is 6.10. The molecule has 0 aliphatic heterocycles. The largest absolute Gasteiger partial charge is 0.497 e. The summed E-state index contributed by atoms with van der Waals surface area (Å²) in [7, 11) is 1.63. The maximum atomic E-state index is 10.8. The zero-order chi connectivity index (χ0) is 20.5. The van der Waals surface area contributed by atoms with E-state index in [-0.39, 0.29) is 5.69 Å². The Morgan fingerprint density at radius 3 is 2.55 bits per heavy atom. The average molecular weight is 394 g/mol. The highest BCUT2D eigenvalue weighted by Gasteiger charge is 2.06. The Balaban J connectivity index is 1.66. The zero-order valence-electron chi connectivity index (χ0n) is 16.0. The second kappa shape index (κ2) is 9.93. The standard InChI is InChI=1S/C21H22N4O4/c1-28-19-5-2-4-17(12-19)14-23-21(24-15-20-6-3-11-29-20)22-13-16-7-9-18(10-8-16)25(26)27/h2-12H,13-15H2,1H3,(H2,22,23,24). The van der Waals surface area contributed by atoms with E-state index in [1.54, 1.807) is 25.5 Å². The summed E-state index contributed by atoms with van der Waals surface area (Å²) in [5.74, 6) is 2.17. The fourth-order valence-electron chi connectivity index (χ4n) is 2.62. The van der Waals surface area contributed by atoms with E-state index < -0.39 is 4.92 Å². The second-order valence-electron chi connectivity index (χ2n) is 6.23. The molecule has 2 N–H and O–H groups in total. The van der Waals surface area contributed by atoms with E-state index in [9.17, 15) is 10.1 Å². The van der Waals surface area contributed by atoms with Crippen molar-refractivity contribution in [3.63, 3.8) is 0 Å². The number of nitro groups is 1. The molecular weight excluding hydrogens is 372 g/mol. The summed E-state index contributed by atoms with van der Waals surface area (Å²) in [6, 6.07) is 17.8. The minimum atomic E-state index is -0.414. The molecule has 8 heteroatoms. The predicted octanol–water partition coefficient (Wildman–Crippen LogP) is 3.63. The molecule has 1 aromatic heterocycles. The lowest BCUT2D eigenvalue weighted by molar-refractivity contribution is -0.384. The van der Waals surface area contributed by atoms with Gasteiger partial charge in [-0.2, -0.15) is 0 Å². The summed E-state index contributed by atoms with van der Waals surface area (Å²) in [6.45, 7) is 1.42. The van der Waals surface area contributed by atoms with Crippen LogP contribution in [0.2, 0.25) is 0 Å². The van der Waals surface area contributed by atoms with Crippen LogP contribution in [0.5, 0.6) is 5.75 Å². The number of ether oxygens (including phenoxy) is 1. The first-order chi connectivity index (χ1) is 14.1. The van der Waals surface area contributed by atoms with Crippen LogP contribution < -0.4 is 15.4 Å². The Labute approximate surface area is 168 Å². The van der Waals surface area contributed by atoms with E-state index in [2.05, 4.69) is 15.6 Å². The lowest BCUT2D eigenvalue weighted by Crippen LogP contribution is -2.36. The first-order valence-corrected chi connectivity index (χ1v) is 9.05. The number of methoxy groups -OCH3 is 1. The molecule has 0 atom stereocenters.